The number of rotatable bonds is 2. The molecule has 36 heavy (non-hydrogen) atoms. The maximum atomic E-state index is 14.3. The zero-order valence-corrected chi connectivity index (χ0v) is 19.0. The van der Waals surface area contributed by atoms with Gasteiger partial charge in [0.1, 0.15) is 11.5 Å². The summed E-state index contributed by atoms with van der Waals surface area (Å²) in [4.78, 5) is 30.4. The number of nitrogens with zero attached hydrogens (tertiary/aromatic N) is 5. The number of para-hydroxylation sites is 1. The standard InChI is InChI=1S/C24H20F4N6O2/c1-32-18-8-4-7-17(25)20(18)29-22(35)15-13-19(30-31-21(15)32)33-9-11-34(12-10-33)23(36)14-5-2-3-6-16(14)24(26,27)28/h2-8,13H,9-12H2,1H3,(H,29,35). The minimum Gasteiger partial charge on any atom is -0.352 e. The van der Waals surface area contributed by atoms with Crippen molar-refractivity contribution in [3.8, 4) is 0 Å². The molecule has 0 spiro atoms. The quantitative estimate of drug-likeness (QED) is 0.537. The highest BCUT2D eigenvalue weighted by Gasteiger charge is 2.36. The maximum Gasteiger partial charge on any atom is 0.417 e. The fraction of sp³-hybridized carbons (Fsp3) is 0.250. The second-order valence-electron chi connectivity index (χ2n) is 8.41. The van der Waals surface area contributed by atoms with Gasteiger partial charge in [0.2, 0.25) is 0 Å². The van der Waals surface area contributed by atoms with Crippen molar-refractivity contribution in [2.75, 3.05) is 48.3 Å². The van der Waals surface area contributed by atoms with Gasteiger partial charge in [-0.3, -0.25) is 9.59 Å². The van der Waals surface area contributed by atoms with E-state index >= 15 is 0 Å². The molecule has 0 aliphatic carbocycles. The van der Waals surface area contributed by atoms with Crippen LogP contribution in [0.25, 0.3) is 0 Å². The Hall–Kier alpha value is -4.22. The predicted octanol–water partition coefficient (Wildman–Crippen LogP) is 3.93. The molecule has 2 aliphatic rings. The summed E-state index contributed by atoms with van der Waals surface area (Å²) in [6.07, 6.45) is -4.64. The molecule has 5 rings (SSSR count). The molecule has 1 fully saturated rings. The summed E-state index contributed by atoms with van der Waals surface area (Å²) in [5.74, 6) is -1.21. The van der Waals surface area contributed by atoms with Crippen LogP contribution < -0.4 is 15.1 Å². The molecule has 3 aromatic rings. The number of aromatic nitrogens is 2. The van der Waals surface area contributed by atoms with Crippen molar-refractivity contribution in [2.45, 2.75) is 6.18 Å². The number of anilines is 4. The average Bonchev–Trinajstić information content (AvgIpc) is 2.98. The summed E-state index contributed by atoms with van der Waals surface area (Å²) in [6, 6.07) is 10.7. The van der Waals surface area contributed by atoms with Crippen molar-refractivity contribution in [3.63, 3.8) is 0 Å². The van der Waals surface area contributed by atoms with Gasteiger partial charge in [-0.05, 0) is 30.3 Å². The van der Waals surface area contributed by atoms with Gasteiger partial charge in [-0.2, -0.15) is 13.2 Å². The molecule has 1 N–H and O–H groups in total. The minimum absolute atomic E-state index is 0.0378. The van der Waals surface area contributed by atoms with Gasteiger partial charge >= 0.3 is 6.18 Å². The molecule has 1 aromatic heterocycles. The Labute approximate surface area is 203 Å². The number of fused-ring (bicyclic) bond motifs is 2. The molecule has 1 saturated heterocycles. The van der Waals surface area contributed by atoms with E-state index in [1.54, 1.807) is 22.9 Å². The lowest BCUT2D eigenvalue weighted by Crippen LogP contribution is -2.49. The number of piperazine rings is 1. The first kappa shape index (κ1) is 23.5. The molecular weight excluding hydrogens is 480 g/mol. The zero-order valence-electron chi connectivity index (χ0n) is 19.0. The van der Waals surface area contributed by atoms with Crippen LogP contribution in [0.5, 0.6) is 0 Å². The molecule has 186 valence electrons. The van der Waals surface area contributed by atoms with Gasteiger partial charge in [-0.15, -0.1) is 10.2 Å². The first-order valence-electron chi connectivity index (χ1n) is 11.1. The molecule has 12 heteroatoms. The van der Waals surface area contributed by atoms with Gasteiger partial charge in [0, 0.05) is 33.2 Å². The summed E-state index contributed by atoms with van der Waals surface area (Å²) < 4.78 is 54.4. The minimum atomic E-state index is -4.64. The van der Waals surface area contributed by atoms with Crippen molar-refractivity contribution in [1.29, 1.82) is 0 Å². The van der Waals surface area contributed by atoms with Crippen molar-refractivity contribution >= 4 is 34.8 Å². The van der Waals surface area contributed by atoms with Crippen molar-refractivity contribution in [2.24, 2.45) is 0 Å². The largest absolute Gasteiger partial charge is 0.417 e. The van der Waals surface area contributed by atoms with Crippen LogP contribution in [0.2, 0.25) is 0 Å². The van der Waals surface area contributed by atoms with E-state index in [4.69, 9.17) is 0 Å². The number of amides is 2. The normalized spacial score (nSPS) is 15.7. The Balaban J connectivity index is 1.35. The van der Waals surface area contributed by atoms with E-state index in [9.17, 15) is 27.2 Å². The highest BCUT2D eigenvalue weighted by molar-refractivity contribution is 6.12. The average molecular weight is 500 g/mol. The Bertz CT molecular complexity index is 1350. The van der Waals surface area contributed by atoms with Gasteiger partial charge in [0.05, 0.1) is 22.4 Å². The van der Waals surface area contributed by atoms with Gasteiger partial charge in [-0.25, -0.2) is 4.39 Å². The Morgan fingerprint density at radius 3 is 2.44 bits per heavy atom. The van der Waals surface area contributed by atoms with Crippen LogP contribution in [-0.2, 0) is 6.18 Å². The van der Waals surface area contributed by atoms with Crippen LogP contribution in [-0.4, -0.2) is 60.1 Å². The number of halogens is 4. The van der Waals surface area contributed by atoms with Crippen LogP contribution in [0.1, 0.15) is 26.3 Å². The molecule has 0 radical (unpaired) electrons. The summed E-state index contributed by atoms with van der Waals surface area (Å²) >= 11 is 0. The topological polar surface area (TPSA) is 81.7 Å². The number of carbonyl (C=O) groups is 2. The molecule has 0 saturated carbocycles. The Morgan fingerprint density at radius 1 is 1.00 bits per heavy atom. The van der Waals surface area contributed by atoms with Crippen molar-refractivity contribution < 1.29 is 27.2 Å². The molecule has 0 bridgehead atoms. The second kappa shape index (κ2) is 8.77. The monoisotopic (exact) mass is 500 g/mol. The highest BCUT2D eigenvalue weighted by atomic mass is 19.4. The summed E-state index contributed by atoms with van der Waals surface area (Å²) in [6.45, 7) is 0.874. The number of hydrogen-bond acceptors (Lipinski definition) is 6. The number of benzene rings is 2. The Morgan fingerprint density at radius 2 is 1.72 bits per heavy atom. The third-order valence-electron chi connectivity index (χ3n) is 6.27. The molecule has 0 unspecified atom stereocenters. The smallest absolute Gasteiger partial charge is 0.352 e. The van der Waals surface area contributed by atoms with E-state index in [0.29, 0.717) is 11.5 Å². The SMILES string of the molecule is CN1c2cccc(F)c2NC(=O)c2cc(N3CCN(C(=O)c4ccccc4C(F)(F)F)CC3)nnc21. The number of alkyl halides is 3. The summed E-state index contributed by atoms with van der Waals surface area (Å²) in [7, 11) is 1.65. The van der Waals surface area contributed by atoms with Crippen LogP contribution in [0.3, 0.4) is 0 Å². The van der Waals surface area contributed by atoms with E-state index in [1.165, 1.54) is 41.3 Å². The summed E-state index contributed by atoms with van der Waals surface area (Å²) in [5.41, 5.74) is -0.710. The molecular formula is C24H20F4N6O2. The van der Waals surface area contributed by atoms with E-state index < -0.39 is 34.9 Å². The van der Waals surface area contributed by atoms with Crippen molar-refractivity contribution in [1.82, 2.24) is 15.1 Å². The molecule has 0 atom stereocenters. The van der Waals surface area contributed by atoms with Gasteiger partial charge < -0.3 is 20.0 Å². The zero-order chi connectivity index (χ0) is 25.6. The summed E-state index contributed by atoms with van der Waals surface area (Å²) in [5, 5.41) is 11.0. The van der Waals surface area contributed by atoms with E-state index in [2.05, 4.69) is 15.5 Å². The lowest BCUT2D eigenvalue weighted by atomic mass is 10.1. The third-order valence-corrected chi connectivity index (χ3v) is 6.27. The number of nitrogens with one attached hydrogen (secondary N) is 1. The maximum absolute atomic E-state index is 14.3. The van der Waals surface area contributed by atoms with Crippen molar-refractivity contribution in [3.05, 3.63) is 71.0 Å². The molecule has 3 heterocycles. The third kappa shape index (κ3) is 4.08. The van der Waals surface area contributed by atoms with Gasteiger partial charge in [0.25, 0.3) is 11.8 Å². The highest BCUT2D eigenvalue weighted by Crippen LogP contribution is 2.37. The van der Waals surface area contributed by atoms with Gasteiger partial charge in [-0.1, -0.05) is 18.2 Å². The Kier molecular flexibility index (Phi) is 5.73. The lowest BCUT2D eigenvalue weighted by Gasteiger charge is -2.35. The van der Waals surface area contributed by atoms with E-state index in [1.807, 2.05) is 0 Å². The van der Waals surface area contributed by atoms with E-state index in [0.717, 1.165) is 6.07 Å². The predicted molar refractivity (Wildman–Crippen MR) is 124 cm³/mol. The van der Waals surface area contributed by atoms with Crippen LogP contribution in [0.4, 0.5) is 40.6 Å². The fourth-order valence-electron chi connectivity index (χ4n) is 4.38. The number of hydrogen-bond donors (Lipinski definition) is 1. The van der Waals surface area contributed by atoms with Crippen LogP contribution in [0, 0.1) is 5.82 Å². The fourth-order valence-corrected chi connectivity index (χ4v) is 4.38. The molecule has 2 aromatic carbocycles. The molecule has 2 amide bonds. The van der Waals surface area contributed by atoms with E-state index in [-0.39, 0.29) is 43.2 Å². The molecule has 8 nitrogen and oxygen atoms in total. The molecule has 2 aliphatic heterocycles. The lowest BCUT2D eigenvalue weighted by molar-refractivity contribution is -0.138. The first-order chi connectivity index (χ1) is 17.1. The van der Waals surface area contributed by atoms with Crippen LogP contribution in [0.15, 0.2) is 48.5 Å². The van der Waals surface area contributed by atoms with Crippen LogP contribution >= 0.6 is 0 Å². The second-order valence-corrected chi connectivity index (χ2v) is 8.41. The van der Waals surface area contributed by atoms with Gasteiger partial charge in [0.15, 0.2) is 11.6 Å². The first-order valence-corrected chi connectivity index (χ1v) is 11.1. The number of carbonyl (C=O) groups excluding carboxylic acids is 2.